The van der Waals surface area contributed by atoms with Crippen molar-refractivity contribution in [2.45, 2.75) is 0 Å². The van der Waals surface area contributed by atoms with Crippen molar-refractivity contribution in [2.75, 3.05) is 0 Å². The fraction of sp³-hybridized carbons (Fsp3) is 0. The van der Waals surface area contributed by atoms with Crippen LogP contribution in [0.3, 0.4) is 0 Å². The van der Waals surface area contributed by atoms with E-state index in [0.29, 0.717) is 0 Å². The van der Waals surface area contributed by atoms with Crippen LogP contribution in [-0.2, 0) is 0 Å². The number of halogens is 2. The lowest BCUT2D eigenvalue weighted by Crippen LogP contribution is -1.86. The number of hydrogen-bond donors (Lipinski definition) is 0. The third-order valence-corrected chi connectivity index (χ3v) is 4.64. The molecule has 0 spiro atoms. The van der Waals surface area contributed by atoms with E-state index in [2.05, 4.69) is 68.4 Å². The Balaban J connectivity index is 2.91. The second-order valence-corrected chi connectivity index (χ2v) is 4.55. The van der Waals surface area contributed by atoms with E-state index in [1.807, 2.05) is 12.3 Å². The predicted octanol–water partition coefficient (Wildman–Crippen LogP) is 3.44. The molecule has 60 valence electrons. The van der Waals surface area contributed by atoms with E-state index in [1.54, 1.807) is 0 Å². The summed E-state index contributed by atoms with van der Waals surface area (Å²) < 4.78 is 2.32. The molecule has 0 saturated heterocycles. The van der Waals surface area contributed by atoms with Gasteiger partial charge < -0.3 is 0 Å². The Labute approximate surface area is 97.9 Å². The number of aromatic nitrogens is 1. The van der Waals surface area contributed by atoms with Crippen molar-refractivity contribution in [3.05, 3.63) is 37.7 Å². The molecule has 0 N–H and O–H groups in total. The van der Waals surface area contributed by atoms with E-state index in [1.165, 1.54) is 14.3 Å². The van der Waals surface area contributed by atoms with Crippen LogP contribution in [-0.4, -0.2) is 4.98 Å². The topological polar surface area (TPSA) is 12.9 Å². The van der Waals surface area contributed by atoms with Gasteiger partial charge in [-0.25, -0.2) is 4.98 Å². The van der Waals surface area contributed by atoms with Crippen LogP contribution in [0.1, 0.15) is 0 Å². The summed E-state index contributed by atoms with van der Waals surface area (Å²) in [4.78, 5) is 4.29. The maximum absolute atomic E-state index is 4.29. The zero-order valence-corrected chi connectivity index (χ0v) is 10.4. The summed E-state index contributed by atoms with van der Waals surface area (Å²) in [5, 5.41) is 2.50. The number of benzene rings is 1. The van der Waals surface area contributed by atoms with Gasteiger partial charge in [-0.2, -0.15) is 0 Å². The third kappa shape index (κ3) is 1.44. The van der Waals surface area contributed by atoms with Gasteiger partial charge in [-0.3, -0.25) is 0 Å². The quantitative estimate of drug-likeness (QED) is 0.504. The average molecular weight is 381 g/mol. The molecular formula is C9H5I2N. The summed E-state index contributed by atoms with van der Waals surface area (Å²) in [5.41, 5.74) is 0. The minimum atomic E-state index is 1.08. The molecule has 0 unspecified atom stereocenters. The van der Waals surface area contributed by atoms with E-state index in [-0.39, 0.29) is 0 Å². The molecule has 12 heavy (non-hydrogen) atoms. The van der Waals surface area contributed by atoms with Gasteiger partial charge in [0.1, 0.15) is 3.70 Å². The SMILES string of the molecule is Ic1ncc2ccccc2c1I. The summed E-state index contributed by atoms with van der Waals surface area (Å²) in [7, 11) is 0. The zero-order chi connectivity index (χ0) is 8.55. The van der Waals surface area contributed by atoms with Gasteiger partial charge in [-0.05, 0) is 50.6 Å². The molecule has 2 aromatic rings. The van der Waals surface area contributed by atoms with Gasteiger partial charge in [-0.15, -0.1) is 0 Å². The highest BCUT2D eigenvalue weighted by molar-refractivity contribution is 14.1. The first kappa shape index (κ1) is 8.68. The fourth-order valence-electron chi connectivity index (χ4n) is 1.10. The van der Waals surface area contributed by atoms with Gasteiger partial charge in [0, 0.05) is 11.6 Å². The molecule has 0 saturated carbocycles. The summed E-state index contributed by atoms with van der Waals surface area (Å²) in [6, 6.07) is 8.30. The lowest BCUT2D eigenvalue weighted by atomic mass is 10.2. The van der Waals surface area contributed by atoms with Crippen LogP contribution >= 0.6 is 45.2 Å². The number of fused-ring (bicyclic) bond motifs is 1. The second kappa shape index (κ2) is 3.45. The molecule has 0 aliphatic heterocycles. The highest BCUT2D eigenvalue weighted by atomic mass is 127. The van der Waals surface area contributed by atoms with E-state index in [4.69, 9.17) is 0 Å². The Kier molecular flexibility index (Phi) is 2.49. The maximum Gasteiger partial charge on any atom is 0.115 e. The first-order valence-corrected chi connectivity index (χ1v) is 5.63. The van der Waals surface area contributed by atoms with Crippen LogP contribution in [0, 0.1) is 7.27 Å². The predicted molar refractivity (Wildman–Crippen MR) is 67.2 cm³/mol. The summed E-state index contributed by atoms with van der Waals surface area (Å²) in [6.45, 7) is 0. The molecule has 1 aromatic carbocycles. The van der Waals surface area contributed by atoms with Crippen LogP contribution in [0.2, 0.25) is 0 Å². The van der Waals surface area contributed by atoms with Gasteiger partial charge in [0.15, 0.2) is 0 Å². The van der Waals surface area contributed by atoms with Crippen molar-refractivity contribution in [1.29, 1.82) is 0 Å². The molecule has 0 amide bonds. The smallest absolute Gasteiger partial charge is 0.115 e. The van der Waals surface area contributed by atoms with Crippen LogP contribution < -0.4 is 0 Å². The monoisotopic (exact) mass is 381 g/mol. The van der Waals surface area contributed by atoms with E-state index in [0.717, 1.165) is 3.70 Å². The standard InChI is InChI=1S/C9H5I2N/c10-8-7-4-2-1-3-6(7)5-12-9(8)11/h1-5H. The highest BCUT2D eigenvalue weighted by Gasteiger charge is 2.01. The molecule has 0 bridgehead atoms. The Morgan fingerprint density at radius 2 is 1.83 bits per heavy atom. The number of rotatable bonds is 0. The summed E-state index contributed by atoms with van der Waals surface area (Å²) in [5.74, 6) is 0. The molecule has 3 heteroatoms. The lowest BCUT2D eigenvalue weighted by molar-refractivity contribution is 1.28. The van der Waals surface area contributed by atoms with Crippen LogP contribution in [0.5, 0.6) is 0 Å². The Bertz CT molecular complexity index is 426. The number of hydrogen-bond acceptors (Lipinski definition) is 1. The van der Waals surface area contributed by atoms with Gasteiger partial charge in [0.2, 0.25) is 0 Å². The Morgan fingerprint density at radius 1 is 1.08 bits per heavy atom. The van der Waals surface area contributed by atoms with Crippen molar-refractivity contribution in [2.24, 2.45) is 0 Å². The zero-order valence-electron chi connectivity index (χ0n) is 6.09. The first-order valence-electron chi connectivity index (χ1n) is 3.48. The Hall–Kier alpha value is 0.0900. The molecule has 0 aliphatic carbocycles. The number of nitrogens with zero attached hydrogens (tertiary/aromatic N) is 1. The largest absolute Gasteiger partial charge is 0.249 e. The molecular weight excluding hydrogens is 376 g/mol. The van der Waals surface area contributed by atoms with E-state index in [9.17, 15) is 0 Å². The second-order valence-electron chi connectivity index (χ2n) is 2.45. The molecule has 1 nitrogen and oxygen atoms in total. The minimum Gasteiger partial charge on any atom is -0.249 e. The highest BCUT2D eigenvalue weighted by Crippen LogP contribution is 2.22. The van der Waals surface area contributed by atoms with Crippen molar-refractivity contribution in [3.63, 3.8) is 0 Å². The lowest BCUT2D eigenvalue weighted by Gasteiger charge is -2.00. The van der Waals surface area contributed by atoms with Crippen molar-refractivity contribution in [3.8, 4) is 0 Å². The first-order chi connectivity index (χ1) is 5.79. The Morgan fingerprint density at radius 3 is 2.67 bits per heavy atom. The number of pyridine rings is 1. The molecule has 1 aromatic heterocycles. The molecule has 2 rings (SSSR count). The minimum absolute atomic E-state index is 1.08. The molecule has 1 heterocycles. The van der Waals surface area contributed by atoms with Gasteiger partial charge in [0.05, 0.1) is 3.57 Å². The average Bonchev–Trinajstić information content (AvgIpc) is 2.12. The van der Waals surface area contributed by atoms with Gasteiger partial charge in [-0.1, -0.05) is 24.3 Å². The van der Waals surface area contributed by atoms with Gasteiger partial charge in [0.25, 0.3) is 0 Å². The molecule has 0 atom stereocenters. The molecule has 0 radical (unpaired) electrons. The van der Waals surface area contributed by atoms with Crippen molar-refractivity contribution < 1.29 is 0 Å². The van der Waals surface area contributed by atoms with E-state index >= 15 is 0 Å². The van der Waals surface area contributed by atoms with Gasteiger partial charge >= 0.3 is 0 Å². The molecule has 0 fully saturated rings. The van der Waals surface area contributed by atoms with Crippen LogP contribution in [0.15, 0.2) is 30.5 Å². The summed E-state index contributed by atoms with van der Waals surface area (Å²) in [6.07, 6.45) is 1.92. The van der Waals surface area contributed by atoms with Crippen LogP contribution in [0.4, 0.5) is 0 Å². The normalized spacial score (nSPS) is 10.5. The maximum atomic E-state index is 4.29. The molecule has 0 aliphatic rings. The van der Waals surface area contributed by atoms with Crippen molar-refractivity contribution >= 4 is 56.0 Å². The van der Waals surface area contributed by atoms with Crippen molar-refractivity contribution in [1.82, 2.24) is 4.98 Å². The summed E-state index contributed by atoms with van der Waals surface area (Å²) >= 11 is 4.59. The fourth-order valence-corrected chi connectivity index (χ4v) is 2.16. The third-order valence-electron chi connectivity index (χ3n) is 1.70. The van der Waals surface area contributed by atoms with E-state index < -0.39 is 0 Å². The van der Waals surface area contributed by atoms with Crippen LogP contribution in [0.25, 0.3) is 10.8 Å².